The molecule has 2 atom stereocenters. The minimum Gasteiger partial charge on any atom is -0.463 e. The molecule has 2 rings (SSSR count). The van der Waals surface area contributed by atoms with Crippen molar-refractivity contribution in [2.75, 3.05) is 34.0 Å². The summed E-state index contributed by atoms with van der Waals surface area (Å²) < 4.78 is 21.0. The SMILES string of the molecule is COC(=O)c1ccc(C(C)NCC2(OC)CCOC2)o1. The lowest BCUT2D eigenvalue weighted by atomic mass is 10.0. The van der Waals surface area contributed by atoms with Crippen LogP contribution in [0.1, 0.15) is 35.7 Å². The van der Waals surface area contributed by atoms with E-state index >= 15 is 0 Å². The van der Waals surface area contributed by atoms with Gasteiger partial charge in [0.05, 0.1) is 19.8 Å². The average Bonchev–Trinajstić information content (AvgIpc) is 3.13. The lowest BCUT2D eigenvalue weighted by Gasteiger charge is -2.27. The molecule has 0 saturated carbocycles. The van der Waals surface area contributed by atoms with Crippen LogP contribution in [0.25, 0.3) is 0 Å². The Morgan fingerprint density at radius 1 is 1.50 bits per heavy atom. The van der Waals surface area contributed by atoms with Crippen LogP contribution in [0.3, 0.4) is 0 Å². The van der Waals surface area contributed by atoms with E-state index in [2.05, 4.69) is 10.1 Å². The summed E-state index contributed by atoms with van der Waals surface area (Å²) in [6.45, 7) is 3.95. The van der Waals surface area contributed by atoms with Crippen LogP contribution in [0.2, 0.25) is 0 Å². The predicted octanol–water partition coefficient (Wildman–Crippen LogP) is 1.52. The highest BCUT2D eigenvalue weighted by Crippen LogP contribution is 2.23. The third kappa shape index (κ3) is 3.20. The first-order valence-electron chi connectivity index (χ1n) is 6.64. The van der Waals surface area contributed by atoms with Gasteiger partial charge in [0, 0.05) is 26.7 Å². The van der Waals surface area contributed by atoms with Crippen LogP contribution >= 0.6 is 0 Å². The van der Waals surface area contributed by atoms with Gasteiger partial charge in [-0.1, -0.05) is 0 Å². The van der Waals surface area contributed by atoms with Gasteiger partial charge in [0.25, 0.3) is 0 Å². The molecule has 1 aliphatic heterocycles. The molecule has 0 bridgehead atoms. The molecule has 6 nitrogen and oxygen atoms in total. The Morgan fingerprint density at radius 3 is 2.90 bits per heavy atom. The summed E-state index contributed by atoms with van der Waals surface area (Å²) in [5.74, 6) is 0.429. The zero-order valence-electron chi connectivity index (χ0n) is 12.1. The summed E-state index contributed by atoms with van der Waals surface area (Å²) in [5.41, 5.74) is -0.272. The molecule has 1 aromatic heterocycles. The van der Waals surface area contributed by atoms with Crippen molar-refractivity contribution in [1.29, 1.82) is 0 Å². The second-order valence-electron chi connectivity index (χ2n) is 4.99. The van der Waals surface area contributed by atoms with Gasteiger partial charge in [-0.25, -0.2) is 4.79 Å². The number of hydrogen-bond donors (Lipinski definition) is 1. The highest BCUT2D eigenvalue weighted by atomic mass is 16.6. The van der Waals surface area contributed by atoms with E-state index < -0.39 is 5.97 Å². The van der Waals surface area contributed by atoms with Gasteiger partial charge in [0.2, 0.25) is 5.76 Å². The van der Waals surface area contributed by atoms with Gasteiger partial charge < -0.3 is 23.9 Å². The van der Waals surface area contributed by atoms with Gasteiger partial charge in [-0.2, -0.15) is 0 Å². The summed E-state index contributed by atoms with van der Waals surface area (Å²) in [6, 6.07) is 3.36. The topological polar surface area (TPSA) is 69.9 Å². The summed E-state index contributed by atoms with van der Waals surface area (Å²) in [5, 5.41) is 3.35. The van der Waals surface area contributed by atoms with E-state index in [-0.39, 0.29) is 17.4 Å². The molecule has 0 amide bonds. The van der Waals surface area contributed by atoms with Crippen molar-refractivity contribution in [3.05, 3.63) is 23.7 Å². The Labute approximate surface area is 118 Å². The number of rotatable bonds is 6. The highest BCUT2D eigenvalue weighted by Gasteiger charge is 2.35. The molecule has 1 fully saturated rings. The summed E-state index contributed by atoms with van der Waals surface area (Å²) in [6.07, 6.45) is 0.870. The molecule has 20 heavy (non-hydrogen) atoms. The normalized spacial score (nSPS) is 23.8. The van der Waals surface area contributed by atoms with Crippen molar-refractivity contribution in [2.24, 2.45) is 0 Å². The lowest BCUT2D eigenvalue weighted by molar-refractivity contribution is -0.0175. The summed E-state index contributed by atoms with van der Waals surface area (Å²) in [4.78, 5) is 11.3. The molecule has 2 unspecified atom stereocenters. The third-order valence-electron chi connectivity index (χ3n) is 3.67. The number of carbonyl (C=O) groups excluding carboxylic acids is 1. The van der Waals surface area contributed by atoms with Gasteiger partial charge in [-0.05, 0) is 19.1 Å². The molecule has 1 saturated heterocycles. The van der Waals surface area contributed by atoms with Crippen molar-refractivity contribution in [3.8, 4) is 0 Å². The van der Waals surface area contributed by atoms with Crippen molar-refractivity contribution >= 4 is 5.97 Å². The first-order valence-corrected chi connectivity index (χ1v) is 6.64. The maximum atomic E-state index is 11.3. The molecule has 1 aliphatic rings. The molecule has 112 valence electrons. The molecule has 0 spiro atoms. The minimum absolute atomic E-state index is 0.0268. The lowest BCUT2D eigenvalue weighted by Crippen LogP contribution is -2.43. The van der Waals surface area contributed by atoms with Crippen molar-refractivity contribution < 1.29 is 23.4 Å². The van der Waals surface area contributed by atoms with E-state index in [0.717, 1.165) is 13.0 Å². The van der Waals surface area contributed by atoms with E-state index in [9.17, 15) is 4.79 Å². The van der Waals surface area contributed by atoms with Crippen LogP contribution in [0.5, 0.6) is 0 Å². The molecular weight excluding hydrogens is 262 g/mol. The van der Waals surface area contributed by atoms with Crippen LogP contribution in [0, 0.1) is 0 Å². The average molecular weight is 283 g/mol. The standard InChI is InChI=1S/C14H21NO5/c1-10(11-4-5-12(20-11)13(16)17-2)15-8-14(18-3)6-7-19-9-14/h4-5,10,15H,6-9H2,1-3H3. The Morgan fingerprint density at radius 2 is 2.30 bits per heavy atom. The van der Waals surface area contributed by atoms with E-state index in [1.165, 1.54) is 7.11 Å². The van der Waals surface area contributed by atoms with Crippen molar-refractivity contribution in [3.63, 3.8) is 0 Å². The number of hydrogen-bond acceptors (Lipinski definition) is 6. The quantitative estimate of drug-likeness (QED) is 0.798. The van der Waals surface area contributed by atoms with E-state index in [0.29, 0.717) is 18.9 Å². The van der Waals surface area contributed by atoms with E-state index in [1.807, 2.05) is 6.92 Å². The molecule has 2 heterocycles. The number of ether oxygens (including phenoxy) is 3. The maximum absolute atomic E-state index is 11.3. The zero-order valence-corrected chi connectivity index (χ0v) is 12.1. The Balaban J connectivity index is 1.93. The smallest absolute Gasteiger partial charge is 0.373 e. The molecule has 1 aromatic rings. The number of carbonyl (C=O) groups is 1. The molecule has 0 radical (unpaired) electrons. The Hall–Kier alpha value is -1.37. The van der Waals surface area contributed by atoms with Crippen molar-refractivity contribution in [1.82, 2.24) is 5.32 Å². The fourth-order valence-electron chi connectivity index (χ4n) is 2.20. The molecule has 0 aliphatic carbocycles. The fraction of sp³-hybridized carbons (Fsp3) is 0.643. The Bertz CT molecular complexity index is 450. The summed E-state index contributed by atoms with van der Waals surface area (Å²) >= 11 is 0. The minimum atomic E-state index is -0.471. The van der Waals surface area contributed by atoms with E-state index in [4.69, 9.17) is 13.9 Å². The van der Waals surface area contributed by atoms with Gasteiger partial charge >= 0.3 is 5.97 Å². The van der Waals surface area contributed by atoms with Crippen LogP contribution in [-0.4, -0.2) is 45.5 Å². The first-order chi connectivity index (χ1) is 9.60. The number of methoxy groups -OCH3 is 2. The number of furan rings is 1. The monoisotopic (exact) mass is 283 g/mol. The van der Waals surface area contributed by atoms with Gasteiger partial charge in [-0.15, -0.1) is 0 Å². The molecule has 0 aromatic carbocycles. The van der Waals surface area contributed by atoms with Crippen LogP contribution in [-0.2, 0) is 14.2 Å². The van der Waals surface area contributed by atoms with Crippen LogP contribution in [0.15, 0.2) is 16.5 Å². The van der Waals surface area contributed by atoms with Gasteiger partial charge in [0.15, 0.2) is 0 Å². The zero-order chi connectivity index (χ0) is 14.6. The van der Waals surface area contributed by atoms with Crippen LogP contribution < -0.4 is 5.32 Å². The van der Waals surface area contributed by atoms with Gasteiger partial charge in [0.1, 0.15) is 11.4 Å². The maximum Gasteiger partial charge on any atom is 0.373 e. The molecule has 1 N–H and O–H groups in total. The first kappa shape index (κ1) is 15.0. The second kappa shape index (κ2) is 6.39. The van der Waals surface area contributed by atoms with Crippen molar-refractivity contribution in [2.45, 2.75) is 25.0 Å². The van der Waals surface area contributed by atoms with Gasteiger partial charge in [-0.3, -0.25) is 0 Å². The predicted molar refractivity (Wildman–Crippen MR) is 71.6 cm³/mol. The van der Waals surface area contributed by atoms with Crippen LogP contribution in [0.4, 0.5) is 0 Å². The molecule has 6 heteroatoms. The highest BCUT2D eigenvalue weighted by molar-refractivity contribution is 5.86. The Kier molecular flexibility index (Phi) is 4.80. The number of esters is 1. The second-order valence-corrected chi connectivity index (χ2v) is 4.99. The molecular formula is C14H21NO5. The number of nitrogens with one attached hydrogen (secondary N) is 1. The largest absolute Gasteiger partial charge is 0.463 e. The third-order valence-corrected chi connectivity index (χ3v) is 3.67. The fourth-order valence-corrected chi connectivity index (χ4v) is 2.20. The van der Waals surface area contributed by atoms with E-state index in [1.54, 1.807) is 19.2 Å². The summed E-state index contributed by atoms with van der Waals surface area (Å²) in [7, 11) is 3.03.